The molecular weight excluding hydrogens is 356 g/mol. The molecule has 0 bridgehead atoms. The van der Waals surface area contributed by atoms with Gasteiger partial charge in [-0.3, -0.25) is 5.10 Å². The summed E-state index contributed by atoms with van der Waals surface area (Å²) >= 11 is 8.65. The van der Waals surface area contributed by atoms with Crippen LogP contribution in [0.4, 0.5) is 0 Å². The predicted octanol–water partition coefficient (Wildman–Crippen LogP) is 3.24. The summed E-state index contributed by atoms with van der Waals surface area (Å²) in [5.41, 5.74) is 4.14. The van der Waals surface area contributed by atoms with E-state index in [1.807, 2.05) is 12.1 Å². The average Bonchev–Trinajstić information content (AvgIpc) is 2.89. The summed E-state index contributed by atoms with van der Waals surface area (Å²) in [6.45, 7) is 3.21. The molecule has 0 fully saturated rings. The standard InChI is InChI=1S/C13H17BrN4O2S/c1-3-6-20-12-9(10(14)4-5-11(12)19-2)7-16-18-8-15-17-13(18)21/h4-5,8,16H,3,6-7H2,1-2H3,(H,17,21). The van der Waals surface area contributed by atoms with Crippen molar-refractivity contribution >= 4 is 28.1 Å². The largest absolute Gasteiger partial charge is 0.493 e. The lowest BCUT2D eigenvalue weighted by Gasteiger charge is -2.17. The number of ether oxygens (including phenoxy) is 2. The van der Waals surface area contributed by atoms with Gasteiger partial charge in [-0.2, -0.15) is 5.10 Å². The molecule has 0 unspecified atom stereocenters. The Bertz CT molecular complexity index is 656. The number of methoxy groups -OCH3 is 1. The van der Waals surface area contributed by atoms with E-state index < -0.39 is 0 Å². The summed E-state index contributed by atoms with van der Waals surface area (Å²) in [7, 11) is 1.63. The van der Waals surface area contributed by atoms with E-state index >= 15 is 0 Å². The molecule has 0 radical (unpaired) electrons. The van der Waals surface area contributed by atoms with Gasteiger partial charge in [0.25, 0.3) is 0 Å². The van der Waals surface area contributed by atoms with Gasteiger partial charge in [0, 0.05) is 10.0 Å². The van der Waals surface area contributed by atoms with E-state index in [0.29, 0.717) is 23.7 Å². The zero-order valence-electron chi connectivity index (χ0n) is 11.9. The summed E-state index contributed by atoms with van der Waals surface area (Å²) < 4.78 is 14.3. The van der Waals surface area contributed by atoms with Crippen LogP contribution in [0.1, 0.15) is 18.9 Å². The Balaban J connectivity index is 2.27. The van der Waals surface area contributed by atoms with Crippen molar-refractivity contribution in [2.75, 3.05) is 19.1 Å². The number of aromatic nitrogens is 3. The minimum atomic E-state index is 0.505. The Morgan fingerprint density at radius 3 is 2.90 bits per heavy atom. The Morgan fingerprint density at radius 1 is 1.48 bits per heavy atom. The average molecular weight is 373 g/mol. The zero-order chi connectivity index (χ0) is 15.2. The van der Waals surface area contributed by atoms with Crippen LogP contribution in [0.3, 0.4) is 0 Å². The molecule has 0 saturated heterocycles. The van der Waals surface area contributed by atoms with Crippen LogP contribution in [0.25, 0.3) is 0 Å². The number of hydrogen-bond donors (Lipinski definition) is 2. The van der Waals surface area contributed by atoms with Crippen LogP contribution in [0.5, 0.6) is 11.5 Å². The van der Waals surface area contributed by atoms with Crippen molar-refractivity contribution in [2.45, 2.75) is 19.9 Å². The first kappa shape index (κ1) is 15.8. The summed E-state index contributed by atoms with van der Waals surface area (Å²) in [6.07, 6.45) is 2.51. The summed E-state index contributed by atoms with van der Waals surface area (Å²) in [5, 5.41) is 6.55. The van der Waals surface area contributed by atoms with E-state index in [4.69, 9.17) is 21.7 Å². The van der Waals surface area contributed by atoms with Crippen molar-refractivity contribution in [2.24, 2.45) is 0 Å². The Labute approximate surface area is 136 Å². The normalized spacial score (nSPS) is 10.4. The molecule has 0 aliphatic carbocycles. The first-order valence-electron chi connectivity index (χ1n) is 6.51. The van der Waals surface area contributed by atoms with E-state index in [1.165, 1.54) is 0 Å². The molecule has 1 heterocycles. The lowest BCUT2D eigenvalue weighted by molar-refractivity contribution is 0.291. The fourth-order valence-electron chi connectivity index (χ4n) is 1.80. The van der Waals surface area contributed by atoms with Gasteiger partial charge in [-0.15, -0.1) is 0 Å². The van der Waals surface area contributed by atoms with E-state index in [1.54, 1.807) is 18.1 Å². The van der Waals surface area contributed by atoms with Gasteiger partial charge in [-0.1, -0.05) is 22.9 Å². The lowest BCUT2D eigenvalue weighted by Crippen LogP contribution is -2.15. The van der Waals surface area contributed by atoms with Crippen molar-refractivity contribution in [3.63, 3.8) is 0 Å². The van der Waals surface area contributed by atoms with Gasteiger partial charge in [-0.25, -0.2) is 4.68 Å². The molecule has 0 aliphatic heterocycles. The minimum absolute atomic E-state index is 0.505. The van der Waals surface area contributed by atoms with Crippen molar-refractivity contribution in [1.29, 1.82) is 0 Å². The summed E-state index contributed by atoms with van der Waals surface area (Å²) in [6, 6.07) is 3.81. The summed E-state index contributed by atoms with van der Waals surface area (Å²) in [5.74, 6) is 1.44. The highest BCUT2D eigenvalue weighted by atomic mass is 79.9. The molecule has 2 rings (SSSR count). The molecule has 0 saturated carbocycles. The number of halogens is 1. The maximum Gasteiger partial charge on any atom is 0.214 e. The number of H-pyrrole nitrogens is 1. The third-order valence-corrected chi connectivity index (χ3v) is 3.85. The lowest BCUT2D eigenvalue weighted by atomic mass is 10.2. The minimum Gasteiger partial charge on any atom is -0.493 e. The molecule has 6 nitrogen and oxygen atoms in total. The first-order chi connectivity index (χ1) is 10.2. The van der Waals surface area contributed by atoms with Crippen LogP contribution in [-0.4, -0.2) is 28.6 Å². The molecule has 8 heteroatoms. The van der Waals surface area contributed by atoms with Crippen LogP contribution >= 0.6 is 28.1 Å². The second-order valence-electron chi connectivity index (χ2n) is 4.27. The molecule has 0 atom stereocenters. The third kappa shape index (κ3) is 3.76. The molecular formula is C13H17BrN4O2S. The van der Waals surface area contributed by atoms with Crippen LogP contribution in [0, 0.1) is 4.77 Å². The van der Waals surface area contributed by atoms with Gasteiger partial charge in [0.15, 0.2) is 11.5 Å². The predicted molar refractivity (Wildman–Crippen MR) is 87.0 cm³/mol. The molecule has 0 spiro atoms. The highest BCUT2D eigenvalue weighted by Crippen LogP contribution is 2.36. The fraction of sp³-hybridized carbons (Fsp3) is 0.385. The first-order valence-corrected chi connectivity index (χ1v) is 7.71. The molecule has 2 aromatic rings. The van der Waals surface area contributed by atoms with E-state index in [-0.39, 0.29) is 0 Å². The van der Waals surface area contributed by atoms with Gasteiger partial charge in [0.2, 0.25) is 4.77 Å². The SMILES string of the molecule is CCCOc1c(OC)ccc(Br)c1CNn1cn[nH]c1=S. The molecule has 2 N–H and O–H groups in total. The second kappa shape index (κ2) is 7.46. The van der Waals surface area contributed by atoms with Crippen LogP contribution in [0.15, 0.2) is 22.9 Å². The topological polar surface area (TPSA) is 64.1 Å². The van der Waals surface area contributed by atoms with Crippen molar-refractivity contribution in [3.05, 3.63) is 33.3 Å². The molecule has 0 amide bonds. The molecule has 21 heavy (non-hydrogen) atoms. The Kier molecular flexibility index (Phi) is 5.63. The van der Waals surface area contributed by atoms with Crippen molar-refractivity contribution < 1.29 is 9.47 Å². The van der Waals surface area contributed by atoms with Gasteiger partial charge in [0.1, 0.15) is 6.33 Å². The molecule has 0 aliphatic rings. The van der Waals surface area contributed by atoms with Gasteiger partial charge in [-0.05, 0) is 30.8 Å². The van der Waals surface area contributed by atoms with Gasteiger partial charge < -0.3 is 14.9 Å². The molecule has 1 aromatic heterocycles. The van der Waals surface area contributed by atoms with E-state index in [0.717, 1.165) is 22.2 Å². The van der Waals surface area contributed by atoms with Crippen molar-refractivity contribution in [3.8, 4) is 11.5 Å². The Morgan fingerprint density at radius 2 is 2.29 bits per heavy atom. The number of nitrogens with one attached hydrogen (secondary N) is 2. The van der Waals surface area contributed by atoms with Crippen LogP contribution in [0.2, 0.25) is 0 Å². The summed E-state index contributed by atoms with van der Waals surface area (Å²) in [4.78, 5) is 0. The highest BCUT2D eigenvalue weighted by Gasteiger charge is 2.14. The van der Waals surface area contributed by atoms with Gasteiger partial charge in [0.05, 0.1) is 20.3 Å². The number of aromatic amines is 1. The molecule has 1 aromatic carbocycles. The number of nitrogens with zero attached hydrogens (tertiary/aromatic N) is 2. The maximum absolute atomic E-state index is 5.84. The smallest absolute Gasteiger partial charge is 0.214 e. The second-order valence-corrected chi connectivity index (χ2v) is 5.51. The zero-order valence-corrected chi connectivity index (χ0v) is 14.3. The Hall–Kier alpha value is -1.54. The fourth-order valence-corrected chi connectivity index (χ4v) is 2.41. The van der Waals surface area contributed by atoms with E-state index in [9.17, 15) is 0 Å². The quantitative estimate of drug-likeness (QED) is 0.730. The van der Waals surface area contributed by atoms with Crippen LogP contribution in [-0.2, 0) is 6.54 Å². The van der Waals surface area contributed by atoms with E-state index in [2.05, 4.69) is 38.5 Å². The van der Waals surface area contributed by atoms with Crippen molar-refractivity contribution in [1.82, 2.24) is 14.9 Å². The number of hydrogen-bond acceptors (Lipinski definition) is 5. The van der Waals surface area contributed by atoms with Crippen LogP contribution < -0.4 is 14.9 Å². The number of benzene rings is 1. The maximum atomic E-state index is 5.84. The highest BCUT2D eigenvalue weighted by molar-refractivity contribution is 9.10. The third-order valence-electron chi connectivity index (χ3n) is 2.82. The molecule has 114 valence electrons. The van der Waals surface area contributed by atoms with Gasteiger partial charge >= 0.3 is 0 Å². The number of rotatable bonds is 7. The monoisotopic (exact) mass is 372 g/mol.